The van der Waals surface area contributed by atoms with Crippen molar-refractivity contribution in [1.82, 2.24) is 5.32 Å². The van der Waals surface area contributed by atoms with E-state index in [1.165, 1.54) is 0 Å². The van der Waals surface area contributed by atoms with Crippen LogP contribution >= 0.6 is 11.6 Å². The van der Waals surface area contributed by atoms with Crippen LogP contribution in [0.2, 0.25) is 5.02 Å². The van der Waals surface area contributed by atoms with E-state index < -0.39 is 22.9 Å². The number of halogens is 1. The average Bonchev–Trinajstić information content (AvgIpc) is 3.19. The van der Waals surface area contributed by atoms with Gasteiger partial charge in [0.1, 0.15) is 11.3 Å². The van der Waals surface area contributed by atoms with Gasteiger partial charge < -0.3 is 22.1 Å². The summed E-state index contributed by atoms with van der Waals surface area (Å²) >= 11 is 6.06. The molecule has 0 saturated carbocycles. The maximum Gasteiger partial charge on any atom is 0.272 e. The normalized spacial score (nSPS) is 17.9. The molecule has 174 valence electrons. The van der Waals surface area contributed by atoms with Crippen LogP contribution in [0.3, 0.4) is 0 Å². The first-order chi connectivity index (χ1) is 15.5. The summed E-state index contributed by atoms with van der Waals surface area (Å²) in [6.45, 7) is 3.77. The maximum absolute atomic E-state index is 12.9. The molecule has 1 aliphatic rings. The summed E-state index contributed by atoms with van der Waals surface area (Å²) in [7, 11) is 0. The summed E-state index contributed by atoms with van der Waals surface area (Å²) in [4.78, 5) is 41.8. The molecule has 0 saturated heterocycles. The van der Waals surface area contributed by atoms with Crippen molar-refractivity contribution in [2.45, 2.75) is 37.8 Å². The number of carbonyl (C=O) groups is 3. The Hall–Kier alpha value is -3.27. The molecule has 1 aliphatic heterocycles. The van der Waals surface area contributed by atoms with Gasteiger partial charge >= 0.3 is 0 Å². The first kappa shape index (κ1) is 24.4. The van der Waals surface area contributed by atoms with Gasteiger partial charge in [-0.2, -0.15) is 0 Å². The Bertz CT molecular complexity index is 1090. The molecular formula is C23H27ClN6O3. The van der Waals surface area contributed by atoms with Crippen molar-refractivity contribution in [3.05, 3.63) is 59.1 Å². The van der Waals surface area contributed by atoms with Gasteiger partial charge in [-0.1, -0.05) is 23.7 Å². The number of hydrogen-bond acceptors (Lipinski definition) is 6. The average molecular weight is 471 g/mol. The fourth-order valence-electron chi connectivity index (χ4n) is 3.45. The molecule has 3 amide bonds. The number of rotatable bonds is 8. The summed E-state index contributed by atoms with van der Waals surface area (Å²) < 4.78 is 0. The zero-order valence-electron chi connectivity index (χ0n) is 18.4. The molecule has 1 atom stereocenters. The Balaban J connectivity index is 1.69. The van der Waals surface area contributed by atoms with E-state index in [0.29, 0.717) is 28.4 Å². The predicted molar refractivity (Wildman–Crippen MR) is 129 cm³/mol. The lowest BCUT2D eigenvalue weighted by atomic mass is 9.83. The van der Waals surface area contributed by atoms with E-state index in [0.717, 1.165) is 0 Å². The van der Waals surface area contributed by atoms with Gasteiger partial charge in [-0.25, -0.2) is 0 Å². The third-order valence-corrected chi connectivity index (χ3v) is 5.65. The third-order valence-electron chi connectivity index (χ3n) is 5.32. The molecule has 0 radical (unpaired) electrons. The predicted octanol–water partition coefficient (Wildman–Crippen LogP) is 2.27. The van der Waals surface area contributed by atoms with Gasteiger partial charge in [-0.3, -0.25) is 24.7 Å². The van der Waals surface area contributed by atoms with Crippen molar-refractivity contribution >= 4 is 46.4 Å². The zero-order chi connectivity index (χ0) is 24.2. The van der Waals surface area contributed by atoms with E-state index in [4.69, 9.17) is 23.1 Å². The molecule has 2 aromatic carbocycles. The van der Waals surface area contributed by atoms with E-state index in [2.05, 4.69) is 20.9 Å². The fraction of sp³-hybridized carbons (Fsp3) is 0.304. The van der Waals surface area contributed by atoms with Gasteiger partial charge in [0, 0.05) is 16.9 Å². The van der Waals surface area contributed by atoms with Crippen molar-refractivity contribution in [3.63, 3.8) is 0 Å². The van der Waals surface area contributed by atoms with Crippen molar-refractivity contribution in [2.24, 2.45) is 16.5 Å². The number of amides is 3. The van der Waals surface area contributed by atoms with Crippen LogP contribution in [0.25, 0.3) is 0 Å². The molecule has 7 N–H and O–H groups in total. The highest BCUT2D eigenvalue weighted by Gasteiger charge is 2.48. The molecule has 10 heteroatoms. The molecule has 3 rings (SSSR count). The zero-order valence-corrected chi connectivity index (χ0v) is 19.2. The number of nitrogens with zero attached hydrogens (tertiary/aromatic N) is 1. The number of benzene rings is 2. The van der Waals surface area contributed by atoms with Crippen molar-refractivity contribution in [1.29, 1.82) is 0 Å². The van der Waals surface area contributed by atoms with E-state index >= 15 is 0 Å². The summed E-state index contributed by atoms with van der Waals surface area (Å²) in [5.41, 5.74) is 11.1. The number of carbonyl (C=O) groups excluding carboxylic acids is 3. The maximum atomic E-state index is 12.9. The molecule has 1 unspecified atom stereocenters. The van der Waals surface area contributed by atoms with Crippen LogP contribution in [0.4, 0.5) is 11.4 Å². The number of anilines is 2. The smallest absolute Gasteiger partial charge is 0.272 e. The van der Waals surface area contributed by atoms with Crippen LogP contribution in [0.5, 0.6) is 0 Å². The Kier molecular flexibility index (Phi) is 7.16. The summed E-state index contributed by atoms with van der Waals surface area (Å²) in [5.74, 6) is -1.57. The van der Waals surface area contributed by atoms with Gasteiger partial charge in [0.2, 0.25) is 5.91 Å². The second-order valence-electron chi connectivity index (χ2n) is 8.57. The lowest BCUT2D eigenvalue weighted by Gasteiger charge is -2.30. The first-order valence-electron chi connectivity index (χ1n) is 10.4. The van der Waals surface area contributed by atoms with E-state index in [1.54, 1.807) is 48.5 Å². The quantitative estimate of drug-likeness (QED) is 0.400. The first-order valence-corrected chi connectivity index (χ1v) is 10.8. The van der Waals surface area contributed by atoms with E-state index in [-0.39, 0.29) is 24.7 Å². The second-order valence-corrected chi connectivity index (χ2v) is 8.97. The van der Waals surface area contributed by atoms with Crippen molar-refractivity contribution in [3.8, 4) is 0 Å². The van der Waals surface area contributed by atoms with E-state index in [1.807, 2.05) is 13.8 Å². The SMILES string of the molecule is CC(C)(N)CCC1(C(N)=O)NCN=C1C(=O)Nc1ccc(NC(=O)c2ccccc2Cl)cc1. The Labute approximate surface area is 197 Å². The minimum Gasteiger partial charge on any atom is -0.368 e. The molecule has 2 aromatic rings. The Morgan fingerprint density at radius 3 is 2.18 bits per heavy atom. The molecular weight excluding hydrogens is 444 g/mol. The topological polar surface area (TPSA) is 152 Å². The molecule has 0 aromatic heterocycles. The second kappa shape index (κ2) is 9.70. The lowest BCUT2D eigenvalue weighted by Crippen LogP contribution is -2.61. The van der Waals surface area contributed by atoms with E-state index in [9.17, 15) is 14.4 Å². The summed E-state index contributed by atoms with van der Waals surface area (Å²) in [6.07, 6.45) is 0.695. The van der Waals surface area contributed by atoms with Crippen LogP contribution in [0.15, 0.2) is 53.5 Å². The van der Waals surface area contributed by atoms with Crippen LogP contribution in [0, 0.1) is 0 Å². The molecule has 9 nitrogen and oxygen atoms in total. The molecule has 0 aliphatic carbocycles. The van der Waals surface area contributed by atoms with Gasteiger partial charge in [0.05, 0.1) is 17.3 Å². The minimum atomic E-state index is -1.39. The van der Waals surface area contributed by atoms with Crippen molar-refractivity contribution < 1.29 is 14.4 Å². The van der Waals surface area contributed by atoms with Crippen LogP contribution in [-0.2, 0) is 9.59 Å². The van der Waals surface area contributed by atoms with Crippen molar-refractivity contribution in [2.75, 3.05) is 17.3 Å². The monoisotopic (exact) mass is 470 g/mol. The Morgan fingerprint density at radius 2 is 1.64 bits per heavy atom. The summed E-state index contributed by atoms with van der Waals surface area (Å²) in [5, 5.41) is 8.78. The minimum absolute atomic E-state index is 0.0235. The van der Waals surface area contributed by atoms with Gasteiger partial charge in [0.15, 0.2) is 0 Å². The van der Waals surface area contributed by atoms with Crippen LogP contribution < -0.4 is 27.4 Å². The van der Waals surface area contributed by atoms with Gasteiger partial charge in [-0.15, -0.1) is 0 Å². The Morgan fingerprint density at radius 1 is 1.06 bits per heavy atom. The number of aliphatic imine (C=N–C) groups is 1. The standard InChI is InChI=1S/C23H27ClN6O3/c1-22(2,26)11-12-23(21(25)33)18(27-13-28-23)20(32)30-15-9-7-14(8-10-15)29-19(31)16-5-3-4-6-17(16)24/h3-10,28H,11-13,26H2,1-2H3,(H2,25,33)(H,29,31)(H,30,32). The van der Waals surface area contributed by atoms with Gasteiger partial charge in [0.25, 0.3) is 11.8 Å². The lowest BCUT2D eigenvalue weighted by molar-refractivity contribution is -0.123. The van der Waals surface area contributed by atoms with Gasteiger partial charge in [-0.05, 0) is 63.1 Å². The van der Waals surface area contributed by atoms with Crippen LogP contribution in [0.1, 0.15) is 37.0 Å². The molecule has 0 spiro atoms. The number of nitrogens with two attached hydrogens (primary N) is 2. The highest BCUT2D eigenvalue weighted by Crippen LogP contribution is 2.25. The number of hydrogen-bond donors (Lipinski definition) is 5. The number of nitrogens with one attached hydrogen (secondary N) is 3. The van der Waals surface area contributed by atoms with Crippen LogP contribution in [-0.4, -0.2) is 41.2 Å². The number of primary amides is 1. The fourth-order valence-corrected chi connectivity index (χ4v) is 3.67. The highest BCUT2D eigenvalue weighted by molar-refractivity contribution is 6.50. The molecule has 0 fully saturated rings. The molecule has 1 heterocycles. The molecule has 33 heavy (non-hydrogen) atoms. The summed E-state index contributed by atoms with van der Waals surface area (Å²) in [6, 6.07) is 13.2. The largest absolute Gasteiger partial charge is 0.368 e. The molecule has 0 bridgehead atoms. The highest BCUT2D eigenvalue weighted by atomic mass is 35.5. The third kappa shape index (κ3) is 5.75.